The molecule has 19 heavy (non-hydrogen) atoms. The lowest BCUT2D eigenvalue weighted by atomic mass is 10.1. The Bertz CT molecular complexity index is 494. The number of aromatic amines is 1. The van der Waals surface area contributed by atoms with Crippen LogP contribution in [0.5, 0.6) is 0 Å². The predicted molar refractivity (Wildman–Crippen MR) is 73.1 cm³/mol. The largest absolute Gasteiger partial charge is 0.392 e. The monoisotopic (exact) mass is 289 g/mol. The van der Waals surface area contributed by atoms with Crippen LogP contribution >= 0.6 is 0 Å². The maximum atomic E-state index is 12.0. The van der Waals surface area contributed by atoms with Gasteiger partial charge in [0.25, 0.3) is 10.0 Å². The van der Waals surface area contributed by atoms with E-state index in [2.05, 4.69) is 28.8 Å². The number of aliphatic hydroxyl groups excluding tert-OH is 1. The van der Waals surface area contributed by atoms with Gasteiger partial charge in [-0.05, 0) is 19.3 Å². The van der Waals surface area contributed by atoms with Crippen molar-refractivity contribution in [1.82, 2.24) is 14.9 Å². The second kappa shape index (κ2) is 7.02. The summed E-state index contributed by atoms with van der Waals surface area (Å²) in [6.07, 6.45) is 2.88. The molecule has 3 N–H and O–H groups in total. The maximum absolute atomic E-state index is 12.0. The summed E-state index contributed by atoms with van der Waals surface area (Å²) in [5, 5.41) is 15.4. The van der Waals surface area contributed by atoms with E-state index < -0.39 is 10.0 Å². The lowest BCUT2D eigenvalue weighted by Crippen LogP contribution is -2.26. The number of aromatic nitrogens is 2. The Balaban J connectivity index is 2.56. The van der Waals surface area contributed by atoms with Gasteiger partial charge in [0.15, 0.2) is 5.03 Å². The van der Waals surface area contributed by atoms with Crippen LogP contribution in [-0.4, -0.2) is 30.3 Å². The number of unbranched alkanes of at least 4 members (excludes halogenated alkanes) is 1. The van der Waals surface area contributed by atoms with Crippen molar-refractivity contribution >= 4 is 10.0 Å². The summed E-state index contributed by atoms with van der Waals surface area (Å²) in [5.74, 6) is 0.631. The summed E-state index contributed by atoms with van der Waals surface area (Å²) in [6.45, 7) is 6.02. The van der Waals surface area contributed by atoms with Crippen LogP contribution in [0.1, 0.15) is 44.4 Å². The normalized spacial score (nSPS) is 12.3. The van der Waals surface area contributed by atoms with Crippen molar-refractivity contribution in [2.45, 2.75) is 51.7 Å². The first-order valence-corrected chi connectivity index (χ1v) is 8.01. The molecule has 0 spiro atoms. The molecule has 0 aliphatic rings. The Morgan fingerprint density at radius 2 is 2.05 bits per heavy atom. The molecule has 0 unspecified atom stereocenters. The number of aliphatic hydroxyl groups is 1. The van der Waals surface area contributed by atoms with Gasteiger partial charge in [0.1, 0.15) is 0 Å². The first-order chi connectivity index (χ1) is 8.88. The standard InChI is InChI=1S/C12H23N3O3S/c1-9(2)6-4-5-7-13-19(17,18)12-11(8-16)10(3)14-15-12/h9,13,16H,4-8H2,1-3H3,(H,14,15). The summed E-state index contributed by atoms with van der Waals surface area (Å²) >= 11 is 0. The quantitative estimate of drug-likeness (QED) is 0.629. The minimum Gasteiger partial charge on any atom is -0.392 e. The summed E-state index contributed by atoms with van der Waals surface area (Å²) < 4.78 is 26.6. The highest BCUT2D eigenvalue weighted by Gasteiger charge is 2.22. The molecule has 110 valence electrons. The molecule has 1 rings (SSSR count). The lowest BCUT2D eigenvalue weighted by Gasteiger charge is -2.07. The molecule has 0 amide bonds. The molecular formula is C12H23N3O3S. The smallest absolute Gasteiger partial charge is 0.260 e. The van der Waals surface area contributed by atoms with E-state index in [1.165, 1.54) is 0 Å². The number of H-pyrrole nitrogens is 1. The second-order valence-corrected chi connectivity index (χ2v) is 6.76. The third-order valence-electron chi connectivity index (χ3n) is 2.95. The average Bonchev–Trinajstić information content (AvgIpc) is 2.70. The minimum absolute atomic E-state index is 0.101. The van der Waals surface area contributed by atoms with Crippen LogP contribution in [0.2, 0.25) is 0 Å². The van der Waals surface area contributed by atoms with Gasteiger partial charge in [-0.3, -0.25) is 5.10 Å². The maximum Gasteiger partial charge on any atom is 0.260 e. The van der Waals surface area contributed by atoms with Crippen LogP contribution in [0.15, 0.2) is 5.03 Å². The first-order valence-electron chi connectivity index (χ1n) is 6.53. The molecule has 0 radical (unpaired) electrons. The Morgan fingerprint density at radius 1 is 1.37 bits per heavy atom. The Kier molecular flexibility index (Phi) is 5.96. The van der Waals surface area contributed by atoms with Crippen molar-refractivity contribution in [1.29, 1.82) is 0 Å². The van der Waals surface area contributed by atoms with Crippen LogP contribution in [0.4, 0.5) is 0 Å². The van der Waals surface area contributed by atoms with Crippen LogP contribution in [-0.2, 0) is 16.6 Å². The van der Waals surface area contributed by atoms with E-state index in [-0.39, 0.29) is 11.6 Å². The number of sulfonamides is 1. The zero-order valence-electron chi connectivity index (χ0n) is 11.7. The van der Waals surface area contributed by atoms with Gasteiger partial charge in [0, 0.05) is 17.8 Å². The van der Waals surface area contributed by atoms with Crippen molar-refractivity contribution in [2.24, 2.45) is 5.92 Å². The molecule has 0 fully saturated rings. The summed E-state index contributed by atoms with van der Waals surface area (Å²) in [5.41, 5.74) is 0.900. The summed E-state index contributed by atoms with van der Waals surface area (Å²) in [4.78, 5) is 0. The number of aryl methyl sites for hydroxylation is 1. The van der Waals surface area contributed by atoms with E-state index in [0.717, 1.165) is 19.3 Å². The van der Waals surface area contributed by atoms with Crippen molar-refractivity contribution in [3.63, 3.8) is 0 Å². The number of nitrogens with zero attached hydrogens (tertiary/aromatic N) is 1. The molecule has 6 nitrogen and oxygen atoms in total. The van der Waals surface area contributed by atoms with E-state index in [1.807, 2.05) is 0 Å². The molecule has 1 aromatic rings. The molecule has 0 bridgehead atoms. The second-order valence-electron chi connectivity index (χ2n) is 5.08. The summed E-state index contributed by atoms with van der Waals surface area (Å²) in [6, 6.07) is 0. The van der Waals surface area contributed by atoms with Crippen molar-refractivity contribution in [2.75, 3.05) is 6.54 Å². The van der Waals surface area contributed by atoms with Crippen LogP contribution in [0.25, 0.3) is 0 Å². The van der Waals surface area contributed by atoms with E-state index in [4.69, 9.17) is 5.11 Å². The lowest BCUT2D eigenvalue weighted by molar-refractivity contribution is 0.277. The molecule has 7 heteroatoms. The van der Waals surface area contributed by atoms with Gasteiger partial charge >= 0.3 is 0 Å². The molecule has 0 aliphatic heterocycles. The third-order valence-corrected chi connectivity index (χ3v) is 4.38. The van der Waals surface area contributed by atoms with Gasteiger partial charge in [-0.25, -0.2) is 13.1 Å². The van der Waals surface area contributed by atoms with Crippen molar-refractivity contribution < 1.29 is 13.5 Å². The first kappa shape index (κ1) is 16.1. The van der Waals surface area contributed by atoms with Gasteiger partial charge in [0.2, 0.25) is 0 Å². The molecule has 0 saturated carbocycles. The SMILES string of the molecule is Cc1[nH]nc(S(=O)(=O)NCCCCC(C)C)c1CO. The number of hydrogen-bond donors (Lipinski definition) is 3. The summed E-state index contributed by atoms with van der Waals surface area (Å²) in [7, 11) is -3.64. The number of rotatable bonds is 8. The Morgan fingerprint density at radius 3 is 2.63 bits per heavy atom. The van der Waals surface area contributed by atoms with Crippen LogP contribution in [0.3, 0.4) is 0 Å². The molecule has 0 saturated heterocycles. The Labute approximate surface area is 114 Å². The van der Waals surface area contributed by atoms with Crippen molar-refractivity contribution in [3.8, 4) is 0 Å². The highest BCUT2D eigenvalue weighted by molar-refractivity contribution is 7.89. The van der Waals surface area contributed by atoms with Gasteiger partial charge in [0.05, 0.1) is 6.61 Å². The minimum atomic E-state index is -3.64. The fraction of sp³-hybridized carbons (Fsp3) is 0.750. The molecule has 0 aromatic carbocycles. The number of hydrogen-bond acceptors (Lipinski definition) is 4. The highest BCUT2D eigenvalue weighted by Crippen LogP contribution is 2.15. The van der Waals surface area contributed by atoms with Gasteiger partial charge in [-0.2, -0.15) is 5.10 Å². The third kappa shape index (κ3) is 4.59. The van der Waals surface area contributed by atoms with Gasteiger partial charge in [-0.1, -0.05) is 26.7 Å². The number of nitrogens with one attached hydrogen (secondary N) is 2. The fourth-order valence-corrected chi connectivity index (χ4v) is 3.05. The molecule has 1 aromatic heterocycles. The van der Waals surface area contributed by atoms with Crippen molar-refractivity contribution in [3.05, 3.63) is 11.3 Å². The zero-order valence-corrected chi connectivity index (χ0v) is 12.5. The predicted octanol–water partition coefficient (Wildman–Crippen LogP) is 1.32. The van der Waals surface area contributed by atoms with Gasteiger partial charge in [-0.15, -0.1) is 0 Å². The van der Waals surface area contributed by atoms with Crippen LogP contribution < -0.4 is 4.72 Å². The van der Waals surface area contributed by atoms with Crippen LogP contribution in [0, 0.1) is 12.8 Å². The Hall–Kier alpha value is -0.920. The zero-order chi connectivity index (χ0) is 14.5. The van der Waals surface area contributed by atoms with E-state index >= 15 is 0 Å². The van der Waals surface area contributed by atoms with E-state index in [1.54, 1.807) is 6.92 Å². The van der Waals surface area contributed by atoms with E-state index in [9.17, 15) is 8.42 Å². The fourth-order valence-electron chi connectivity index (χ4n) is 1.79. The molecular weight excluding hydrogens is 266 g/mol. The molecule has 1 heterocycles. The molecule has 0 atom stereocenters. The molecule has 0 aliphatic carbocycles. The highest BCUT2D eigenvalue weighted by atomic mass is 32.2. The van der Waals surface area contributed by atoms with Gasteiger partial charge < -0.3 is 5.11 Å². The van der Waals surface area contributed by atoms with E-state index in [0.29, 0.717) is 23.7 Å². The topological polar surface area (TPSA) is 95.1 Å². The average molecular weight is 289 g/mol.